The second-order valence-electron chi connectivity index (χ2n) is 4.18. The van der Waals surface area contributed by atoms with Gasteiger partial charge in [-0.15, -0.1) is 0 Å². The molecule has 21 heavy (non-hydrogen) atoms. The number of aromatic nitrogens is 1. The number of nitrogens with zero attached hydrogens (tertiary/aromatic N) is 1. The van der Waals surface area contributed by atoms with E-state index in [1.165, 1.54) is 12.3 Å². The van der Waals surface area contributed by atoms with E-state index in [0.29, 0.717) is 24.7 Å². The molecule has 0 aliphatic rings. The highest BCUT2D eigenvalue weighted by atomic mass is 19.1. The number of amides is 1. The van der Waals surface area contributed by atoms with Gasteiger partial charge in [-0.05, 0) is 18.2 Å². The Morgan fingerprint density at radius 3 is 2.95 bits per heavy atom. The van der Waals surface area contributed by atoms with Gasteiger partial charge in [0.1, 0.15) is 12.4 Å². The van der Waals surface area contributed by atoms with Crippen LogP contribution in [0, 0.1) is 5.82 Å². The van der Waals surface area contributed by atoms with Crippen molar-refractivity contribution in [3.63, 3.8) is 0 Å². The molecule has 1 heterocycles. The molecule has 6 heteroatoms. The zero-order chi connectivity index (χ0) is 15.1. The first-order valence-electron chi connectivity index (χ1n) is 6.33. The summed E-state index contributed by atoms with van der Waals surface area (Å²) in [5.41, 5.74) is 0.460. The molecule has 1 N–H and O–H groups in total. The first-order valence-corrected chi connectivity index (χ1v) is 6.33. The number of rotatable bonds is 6. The molecule has 0 spiro atoms. The summed E-state index contributed by atoms with van der Waals surface area (Å²) in [6, 6.07) is 8.18. The standard InChI is InChI=1S/C15H15FN2O3/c1-20-7-8-21-12-4-2-3-11(9-12)18-15(19)13-5-6-17-10-14(13)16/h2-6,9-10H,7-8H2,1H3,(H,18,19). The highest BCUT2D eigenvalue weighted by Crippen LogP contribution is 2.18. The summed E-state index contributed by atoms with van der Waals surface area (Å²) in [5, 5.41) is 2.61. The molecule has 0 saturated heterocycles. The van der Waals surface area contributed by atoms with E-state index >= 15 is 0 Å². The van der Waals surface area contributed by atoms with Gasteiger partial charge in [0.15, 0.2) is 5.82 Å². The maximum Gasteiger partial charge on any atom is 0.258 e. The van der Waals surface area contributed by atoms with Gasteiger partial charge >= 0.3 is 0 Å². The second-order valence-corrected chi connectivity index (χ2v) is 4.18. The Balaban J connectivity index is 2.04. The van der Waals surface area contributed by atoms with E-state index in [4.69, 9.17) is 9.47 Å². The first kappa shape index (κ1) is 14.9. The molecule has 0 fully saturated rings. The molecular formula is C15H15FN2O3. The molecule has 1 aromatic heterocycles. The van der Waals surface area contributed by atoms with Crippen LogP contribution in [0.3, 0.4) is 0 Å². The zero-order valence-electron chi connectivity index (χ0n) is 11.5. The van der Waals surface area contributed by atoms with E-state index in [1.807, 2.05) is 0 Å². The number of halogens is 1. The quantitative estimate of drug-likeness (QED) is 0.830. The van der Waals surface area contributed by atoms with Gasteiger partial charge in [-0.3, -0.25) is 9.78 Å². The smallest absolute Gasteiger partial charge is 0.258 e. The fourth-order valence-electron chi connectivity index (χ4n) is 1.66. The first-order chi connectivity index (χ1) is 10.2. The summed E-state index contributed by atoms with van der Waals surface area (Å²) in [6.45, 7) is 0.881. The SMILES string of the molecule is COCCOc1cccc(NC(=O)c2ccncc2F)c1. The predicted molar refractivity (Wildman–Crippen MR) is 76.0 cm³/mol. The number of ether oxygens (including phenoxy) is 2. The van der Waals surface area contributed by atoms with Crippen LogP contribution in [0.4, 0.5) is 10.1 Å². The van der Waals surface area contributed by atoms with E-state index in [1.54, 1.807) is 31.4 Å². The molecule has 0 atom stereocenters. The van der Waals surface area contributed by atoms with Gasteiger partial charge in [-0.1, -0.05) is 6.07 Å². The van der Waals surface area contributed by atoms with Gasteiger partial charge in [0.25, 0.3) is 5.91 Å². The summed E-state index contributed by atoms with van der Waals surface area (Å²) in [7, 11) is 1.59. The van der Waals surface area contributed by atoms with Crippen molar-refractivity contribution in [1.29, 1.82) is 0 Å². The molecule has 5 nitrogen and oxygen atoms in total. The Bertz CT molecular complexity index is 619. The molecule has 0 bridgehead atoms. The van der Waals surface area contributed by atoms with Gasteiger partial charge in [0.2, 0.25) is 0 Å². The normalized spacial score (nSPS) is 10.2. The van der Waals surface area contributed by atoms with Gasteiger partial charge in [0.05, 0.1) is 18.4 Å². The highest BCUT2D eigenvalue weighted by Gasteiger charge is 2.11. The summed E-state index contributed by atoms with van der Waals surface area (Å²) in [6.07, 6.45) is 2.36. The van der Waals surface area contributed by atoms with E-state index in [0.717, 1.165) is 6.20 Å². The molecule has 1 amide bonds. The second kappa shape index (κ2) is 7.35. The van der Waals surface area contributed by atoms with Crippen molar-refractivity contribution in [2.45, 2.75) is 0 Å². The van der Waals surface area contributed by atoms with Crippen molar-refractivity contribution in [1.82, 2.24) is 4.98 Å². The minimum absolute atomic E-state index is 0.0595. The topological polar surface area (TPSA) is 60.5 Å². The van der Waals surface area contributed by atoms with Crippen LogP contribution in [-0.2, 0) is 4.74 Å². The Morgan fingerprint density at radius 1 is 1.33 bits per heavy atom. The van der Waals surface area contributed by atoms with Crippen LogP contribution in [0.1, 0.15) is 10.4 Å². The molecule has 2 aromatic rings. The predicted octanol–water partition coefficient (Wildman–Crippen LogP) is 2.50. The van der Waals surface area contributed by atoms with E-state index in [9.17, 15) is 9.18 Å². The van der Waals surface area contributed by atoms with Crippen molar-refractivity contribution in [3.8, 4) is 5.75 Å². The summed E-state index contributed by atoms with van der Waals surface area (Å²) >= 11 is 0. The van der Waals surface area contributed by atoms with E-state index in [-0.39, 0.29) is 5.56 Å². The Hall–Kier alpha value is -2.47. The van der Waals surface area contributed by atoms with Crippen LogP contribution in [0.15, 0.2) is 42.7 Å². The van der Waals surface area contributed by atoms with Crippen molar-refractivity contribution < 1.29 is 18.7 Å². The lowest BCUT2D eigenvalue weighted by Gasteiger charge is -2.09. The van der Waals surface area contributed by atoms with Gasteiger partial charge in [-0.25, -0.2) is 4.39 Å². The lowest BCUT2D eigenvalue weighted by molar-refractivity contribution is 0.102. The van der Waals surface area contributed by atoms with Crippen LogP contribution in [0.5, 0.6) is 5.75 Å². The van der Waals surface area contributed by atoms with Crippen LogP contribution in [0.25, 0.3) is 0 Å². The largest absolute Gasteiger partial charge is 0.491 e. The van der Waals surface area contributed by atoms with Crippen LogP contribution < -0.4 is 10.1 Å². The number of benzene rings is 1. The van der Waals surface area contributed by atoms with Crippen LogP contribution in [-0.4, -0.2) is 31.2 Å². The van der Waals surface area contributed by atoms with Crippen molar-refractivity contribution >= 4 is 11.6 Å². The van der Waals surface area contributed by atoms with Gasteiger partial charge in [-0.2, -0.15) is 0 Å². The number of carbonyl (C=O) groups excluding carboxylic acids is 1. The number of pyridine rings is 1. The van der Waals surface area contributed by atoms with Gasteiger partial charge < -0.3 is 14.8 Å². The fourth-order valence-corrected chi connectivity index (χ4v) is 1.66. The van der Waals surface area contributed by atoms with Crippen molar-refractivity contribution in [3.05, 3.63) is 54.1 Å². The number of carbonyl (C=O) groups is 1. The van der Waals surface area contributed by atoms with Crippen molar-refractivity contribution in [2.75, 3.05) is 25.6 Å². The average Bonchev–Trinajstić information content (AvgIpc) is 2.48. The summed E-state index contributed by atoms with van der Waals surface area (Å²) < 4.78 is 23.8. The third-order valence-corrected chi connectivity index (χ3v) is 2.67. The number of hydrogen-bond acceptors (Lipinski definition) is 4. The maximum atomic E-state index is 13.5. The lowest BCUT2D eigenvalue weighted by atomic mass is 10.2. The fraction of sp³-hybridized carbons (Fsp3) is 0.200. The molecule has 1 aromatic carbocycles. The molecule has 0 radical (unpaired) electrons. The molecule has 0 aliphatic heterocycles. The lowest BCUT2D eigenvalue weighted by Crippen LogP contribution is -2.14. The minimum Gasteiger partial charge on any atom is -0.491 e. The number of methoxy groups -OCH3 is 1. The molecule has 2 rings (SSSR count). The Labute approximate surface area is 121 Å². The van der Waals surface area contributed by atoms with Crippen molar-refractivity contribution in [2.24, 2.45) is 0 Å². The third-order valence-electron chi connectivity index (χ3n) is 2.67. The monoisotopic (exact) mass is 290 g/mol. The van der Waals surface area contributed by atoms with E-state index in [2.05, 4.69) is 10.3 Å². The Morgan fingerprint density at radius 2 is 2.19 bits per heavy atom. The molecule has 110 valence electrons. The number of nitrogens with one attached hydrogen (secondary N) is 1. The van der Waals surface area contributed by atoms with Crippen LogP contribution >= 0.6 is 0 Å². The third kappa shape index (κ3) is 4.25. The molecular weight excluding hydrogens is 275 g/mol. The summed E-state index contributed by atoms with van der Waals surface area (Å²) in [4.78, 5) is 15.6. The maximum absolute atomic E-state index is 13.5. The van der Waals surface area contributed by atoms with Crippen LogP contribution in [0.2, 0.25) is 0 Å². The molecule has 0 saturated carbocycles. The highest BCUT2D eigenvalue weighted by molar-refractivity contribution is 6.04. The Kier molecular flexibility index (Phi) is 5.22. The summed E-state index contributed by atoms with van der Waals surface area (Å²) in [5.74, 6) is -0.605. The van der Waals surface area contributed by atoms with E-state index < -0.39 is 11.7 Å². The molecule has 0 unspecified atom stereocenters. The molecule has 0 aliphatic carbocycles. The number of hydrogen-bond donors (Lipinski definition) is 1. The average molecular weight is 290 g/mol. The van der Waals surface area contributed by atoms with Gasteiger partial charge in [0, 0.05) is 25.1 Å². The number of anilines is 1. The zero-order valence-corrected chi connectivity index (χ0v) is 11.5. The minimum atomic E-state index is -0.664.